The van der Waals surface area contributed by atoms with Gasteiger partial charge in [0.05, 0.1) is 0 Å². The van der Waals surface area contributed by atoms with Gasteiger partial charge in [-0.3, -0.25) is 4.79 Å². The van der Waals surface area contributed by atoms with Crippen molar-refractivity contribution in [1.82, 2.24) is 15.2 Å². The molecular weight excluding hydrogens is 214 g/mol. The molecule has 0 radical (unpaired) electrons. The summed E-state index contributed by atoms with van der Waals surface area (Å²) in [5.41, 5.74) is 1.15. The number of amides is 1. The highest BCUT2D eigenvalue weighted by Crippen LogP contribution is 2.02. The molecule has 0 spiro atoms. The summed E-state index contributed by atoms with van der Waals surface area (Å²) in [7, 11) is 0. The minimum Gasteiger partial charge on any atom is -0.355 e. The van der Waals surface area contributed by atoms with E-state index >= 15 is 0 Å². The Kier molecular flexibility index (Phi) is 5.77. The van der Waals surface area contributed by atoms with Gasteiger partial charge in [0.2, 0.25) is 5.91 Å². The Morgan fingerprint density at radius 2 is 2.24 bits per heavy atom. The largest absolute Gasteiger partial charge is 0.355 e. The second-order valence-electron chi connectivity index (χ2n) is 4.61. The molecular formula is C13H23N3O. The maximum Gasteiger partial charge on any atom is 0.239 e. The maximum absolute atomic E-state index is 11.5. The molecule has 0 unspecified atom stereocenters. The third-order valence-corrected chi connectivity index (χ3v) is 2.47. The second kappa shape index (κ2) is 7.12. The van der Waals surface area contributed by atoms with Gasteiger partial charge in [0, 0.05) is 25.0 Å². The first kappa shape index (κ1) is 13.8. The number of nitrogens with zero attached hydrogens (tertiary/aromatic N) is 1. The number of aromatic nitrogens is 1. The Balaban J connectivity index is 2.45. The monoisotopic (exact) mass is 237 g/mol. The molecule has 4 nitrogen and oxygen atoms in total. The van der Waals surface area contributed by atoms with Crippen LogP contribution in [0.4, 0.5) is 0 Å². The van der Waals surface area contributed by atoms with Gasteiger partial charge in [0.25, 0.3) is 0 Å². The number of carbonyl (C=O) groups excluding carboxylic acids is 1. The number of carbonyl (C=O) groups is 1. The van der Waals surface area contributed by atoms with Crippen molar-refractivity contribution in [3.63, 3.8) is 0 Å². The van der Waals surface area contributed by atoms with E-state index in [4.69, 9.17) is 0 Å². The number of hydrogen-bond donors (Lipinski definition) is 2. The minimum absolute atomic E-state index is 0.0637. The zero-order chi connectivity index (χ0) is 12.7. The molecule has 4 heteroatoms. The van der Waals surface area contributed by atoms with Crippen molar-refractivity contribution in [3.8, 4) is 0 Å². The van der Waals surface area contributed by atoms with Crippen LogP contribution in [0.1, 0.15) is 26.5 Å². The fourth-order valence-corrected chi connectivity index (χ4v) is 1.66. The number of nitrogens with one attached hydrogen (secondary N) is 2. The van der Waals surface area contributed by atoms with Crippen LogP contribution in [0.2, 0.25) is 0 Å². The number of hydrogen-bond acceptors (Lipinski definition) is 2. The smallest absolute Gasteiger partial charge is 0.239 e. The molecule has 17 heavy (non-hydrogen) atoms. The van der Waals surface area contributed by atoms with Crippen molar-refractivity contribution in [2.24, 2.45) is 5.92 Å². The summed E-state index contributed by atoms with van der Waals surface area (Å²) in [6, 6.07) is 4.03. The van der Waals surface area contributed by atoms with Gasteiger partial charge in [0.15, 0.2) is 0 Å². The van der Waals surface area contributed by atoms with Crippen LogP contribution in [0.25, 0.3) is 0 Å². The zero-order valence-electron chi connectivity index (χ0n) is 11.0. The standard InChI is InChI=1S/C13H23N3O/c1-4-15-13(17)10-16-7-5-6-12(16)9-14-8-11(2)3/h5-7,11,14H,4,8-10H2,1-3H3,(H,15,17). The fourth-order valence-electron chi connectivity index (χ4n) is 1.66. The lowest BCUT2D eigenvalue weighted by molar-refractivity contribution is -0.121. The highest BCUT2D eigenvalue weighted by Gasteiger charge is 2.05. The lowest BCUT2D eigenvalue weighted by Gasteiger charge is -2.11. The molecule has 0 saturated carbocycles. The van der Waals surface area contributed by atoms with Crippen LogP contribution in [0.5, 0.6) is 0 Å². The first-order valence-corrected chi connectivity index (χ1v) is 6.25. The van der Waals surface area contributed by atoms with Gasteiger partial charge in [0.1, 0.15) is 6.54 Å². The molecule has 96 valence electrons. The molecule has 0 fully saturated rings. The van der Waals surface area contributed by atoms with Gasteiger partial charge >= 0.3 is 0 Å². The van der Waals surface area contributed by atoms with E-state index in [1.54, 1.807) is 0 Å². The first-order chi connectivity index (χ1) is 8.13. The van der Waals surface area contributed by atoms with Crippen LogP contribution in [0.3, 0.4) is 0 Å². The van der Waals surface area contributed by atoms with Crippen LogP contribution in [-0.4, -0.2) is 23.6 Å². The van der Waals surface area contributed by atoms with Crippen molar-refractivity contribution >= 4 is 5.91 Å². The SMILES string of the molecule is CCNC(=O)Cn1cccc1CNCC(C)C. The highest BCUT2D eigenvalue weighted by atomic mass is 16.1. The van der Waals surface area contributed by atoms with Gasteiger partial charge in [-0.05, 0) is 31.5 Å². The minimum atomic E-state index is 0.0637. The van der Waals surface area contributed by atoms with E-state index in [2.05, 4.69) is 24.5 Å². The highest BCUT2D eigenvalue weighted by molar-refractivity contribution is 5.75. The zero-order valence-corrected chi connectivity index (χ0v) is 11.0. The summed E-state index contributed by atoms with van der Waals surface area (Å²) in [5, 5.41) is 6.19. The predicted octanol–water partition coefficient (Wildman–Crippen LogP) is 1.37. The molecule has 2 N–H and O–H groups in total. The Morgan fingerprint density at radius 1 is 1.47 bits per heavy atom. The molecule has 1 rings (SSSR count). The third kappa shape index (κ3) is 5.04. The van der Waals surface area contributed by atoms with Crippen LogP contribution in [0, 0.1) is 5.92 Å². The fraction of sp³-hybridized carbons (Fsp3) is 0.615. The van der Waals surface area contributed by atoms with E-state index in [9.17, 15) is 4.79 Å². The molecule has 1 heterocycles. The molecule has 0 bridgehead atoms. The van der Waals surface area contributed by atoms with E-state index in [1.807, 2.05) is 29.8 Å². The Hall–Kier alpha value is -1.29. The van der Waals surface area contributed by atoms with Crippen LogP contribution < -0.4 is 10.6 Å². The molecule has 0 aliphatic carbocycles. The van der Waals surface area contributed by atoms with Crippen LogP contribution >= 0.6 is 0 Å². The number of rotatable bonds is 7. The third-order valence-electron chi connectivity index (χ3n) is 2.47. The quantitative estimate of drug-likeness (QED) is 0.752. The maximum atomic E-state index is 11.5. The second-order valence-corrected chi connectivity index (χ2v) is 4.61. The number of likely N-dealkylation sites (N-methyl/N-ethyl adjacent to an activating group) is 1. The molecule has 0 atom stereocenters. The topological polar surface area (TPSA) is 46.1 Å². The van der Waals surface area contributed by atoms with Crippen LogP contribution in [0.15, 0.2) is 18.3 Å². The van der Waals surface area contributed by atoms with Gasteiger partial charge in [-0.1, -0.05) is 13.8 Å². The van der Waals surface area contributed by atoms with E-state index in [0.717, 1.165) is 18.8 Å². The van der Waals surface area contributed by atoms with Crippen molar-refractivity contribution < 1.29 is 4.79 Å². The van der Waals surface area contributed by atoms with E-state index < -0.39 is 0 Å². The van der Waals surface area contributed by atoms with Gasteiger partial charge in [-0.2, -0.15) is 0 Å². The van der Waals surface area contributed by atoms with Gasteiger partial charge < -0.3 is 15.2 Å². The molecule has 0 saturated heterocycles. The Morgan fingerprint density at radius 3 is 2.88 bits per heavy atom. The summed E-state index contributed by atoms with van der Waals surface area (Å²) < 4.78 is 1.98. The lowest BCUT2D eigenvalue weighted by atomic mass is 10.2. The summed E-state index contributed by atoms with van der Waals surface area (Å²) in [6.07, 6.45) is 1.95. The average molecular weight is 237 g/mol. The molecule has 1 aromatic rings. The van der Waals surface area contributed by atoms with E-state index in [-0.39, 0.29) is 5.91 Å². The van der Waals surface area contributed by atoms with E-state index in [1.165, 1.54) is 0 Å². The normalized spacial score (nSPS) is 10.8. The van der Waals surface area contributed by atoms with Crippen molar-refractivity contribution in [2.75, 3.05) is 13.1 Å². The summed E-state index contributed by atoms with van der Waals surface area (Å²) in [6.45, 7) is 9.18. The van der Waals surface area contributed by atoms with Crippen molar-refractivity contribution in [1.29, 1.82) is 0 Å². The Bertz CT molecular complexity index is 344. The first-order valence-electron chi connectivity index (χ1n) is 6.25. The summed E-state index contributed by atoms with van der Waals surface area (Å²) in [4.78, 5) is 11.5. The molecule has 1 aromatic heterocycles. The lowest BCUT2D eigenvalue weighted by Crippen LogP contribution is -2.28. The molecule has 1 amide bonds. The average Bonchev–Trinajstić information content (AvgIpc) is 2.65. The molecule has 0 aliphatic rings. The van der Waals surface area contributed by atoms with Crippen molar-refractivity contribution in [3.05, 3.63) is 24.0 Å². The van der Waals surface area contributed by atoms with Gasteiger partial charge in [-0.25, -0.2) is 0 Å². The summed E-state index contributed by atoms with van der Waals surface area (Å²) >= 11 is 0. The molecule has 0 aliphatic heterocycles. The van der Waals surface area contributed by atoms with E-state index in [0.29, 0.717) is 19.0 Å². The van der Waals surface area contributed by atoms with Crippen molar-refractivity contribution in [2.45, 2.75) is 33.9 Å². The van der Waals surface area contributed by atoms with Gasteiger partial charge in [-0.15, -0.1) is 0 Å². The molecule has 0 aromatic carbocycles. The Labute approximate surface area is 103 Å². The predicted molar refractivity (Wildman–Crippen MR) is 69.7 cm³/mol. The summed E-state index contributed by atoms with van der Waals surface area (Å²) in [5.74, 6) is 0.704. The van der Waals surface area contributed by atoms with Crippen LogP contribution in [-0.2, 0) is 17.9 Å².